The third-order valence-corrected chi connectivity index (χ3v) is 2.63. The summed E-state index contributed by atoms with van der Waals surface area (Å²) in [6, 6.07) is 0. The monoisotopic (exact) mass is 221 g/mol. The van der Waals surface area contributed by atoms with E-state index in [0.29, 0.717) is 6.54 Å². The molecule has 0 unspecified atom stereocenters. The first kappa shape index (κ1) is 12.8. The van der Waals surface area contributed by atoms with Crippen molar-refractivity contribution >= 4 is 0 Å². The van der Waals surface area contributed by atoms with E-state index in [0.717, 1.165) is 0 Å². The highest BCUT2D eigenvalue weighted by Gasteiger charge is 2.42. The molecule has 0 aromatic carbocycles. The number of aliphatic hydroxyl groups is 3. The number of ether oxygens (including phenoxy) is 2. The molecule has 0 bridgehead atoms. The third-order valence-electron chi connectivity index (χ3n) is 2.63. The zero-order valence-corrected chi connectivity index (χ0v) is 8.74. The number of rotatable bonds is 4. The average molecular weight is 221 g/mol. The van der Waals surface area contributed by atoms with E-state index in [-0.39, 0.29) is 13.2 Å². The molecule has 1 rings (SSSR count). The molecule has 0 aromatic heterocycles. The third kappa shape index (κ3) is 2.87. The Kier molecular flexibility index (Phi) is 4.91. The fourth-order valence-corrected chi connectivity index (χ4v) is 1.59. The lowest BCUT2D eigenvalue weighted by atomic mass is 9.91. The molecule has 1 aliphatic rings. The van der Waals surface area contributed by atoms with E-state index in [2.05, 4.69) is 0 Å². The molecule has 1 fully saturated rings. The summed E-state index contributed by atoms with van der Waals surface area (Å²) in [7, 11) is 0. The number of aliphatic hydroxyl groups excluding tert-OH is 3. The van der Waals surface area contributed by atoms with Crippen LogP contribution in [0.15, 0.2) is 0 Å². The molecule has 5 N–H and O–H groups in total. The molecule has 1 saturated heterocycles. The van der Waals surface area contributed by atoms with Crippen LogP contribution in [0.2, 0.25) is 0 Å². The summed E-state index contributed by atoms with van der Waals surface area (Å²) in [5.74, 6) is -0.404. The molecular weight excluding hydrogens is 202 g/mol. The van der Waals surface area contributed by atoms with Gasteiger partial charge in [0.15, 0.2) is 6.29 Å². The molecule has 5 atom stereocenters. The summed E-state index contributed by atoms with van der Waals surface area (Å²) in [4.78, 5) is 0. The molecule has 0 saturated carbocycles. The summed E-state index contributed by atoms with van der Waals surface area (Å²) in [5, 5.41) is 28.3. The highest BCUT2D eigenvalue weighted by molar-refractivity contribution is 4.86. The largest absolute Gasteiger partial charge is 0.394 e. The Hall–Kier alpha value is -0.240. The lowest BCUT2D eigenvalue weighted by molar-refractivity contribution is -0.286. The molecule has 15 heavy (non-hydrogen) atoms. The molecule has 90 valence electrons. The van der Waals surface area contributed by atoms with Crippen molar-refractivity contribution < 1.29 is 24.8 Å². The first-order valence-electron chi connectivity index (χ1n) is 5.06. The van der Waals surface area contributed by atoms with Gasteiger partial charge in [-0.05, 0) is 0 Å². The van der Waals surface area contributed by atoms with Gasteiger partial charge in [0, 0.05) is 12.5 Å². The Morgan fingerprint density at radius 1 is 1.33 bits per heavy atom. The summed E-state index contributed by atoms with van der Waals surface area (Å²) < 4.78 is 10.4. The van der Waals surface area contributed by atoms with Crippen molar-refractivity contribution in [1.82, 2.24) is 0 Å². The van der Waals surface area contributed by atoms with Gasteiger partial charge in [0.05, 0.1) is 19.3 Å². The predicted octanol–water partition coefficient (Wildman–Crippen LogP) is -1.96. The summed E-state index contributed by atoms with van der Waals surface area (Å²) in [6.45, 7) is 1.97. The molecule has 0 spiro atoms. The highest BCUT2D eigenvalue weighted by Crippen LogP contribution is 2.26. The van der Waals surface area contributed by atoms with Crippen molar-refractivity contribution in [3.63, 3.8) is 0 Å². The number of hydrogen-bond donors (Lipinski definition) is 4. The number of nitrogens with two attached hydrogens (primary N) is 1. The number of hydrogen-bond acceptors (Lipinski definition) is 6. The van der Waals surface area contributed by atoms with Gasteiger partial charge < -0.3 is 30.5 Å². The molecule has 0 aliphatic carbocycles. The smallest absolute Gasteiger partial charge is 0.184 e. The second-order valence-corrected chi connectivity index (χ2v) is 3.73. The normalized spacial score (nSPS) is 41.8. The minimum absolute atomic E-state index is 0.267. The minimum Gasteiger partial charge on any atom is -0.394 e. The quantitative estimate of drug-likeness (QED) is 0.439. The van der Waals surface area contributed by atoms with Crippen LogP contribution < -0.4 is 5.73 Å². The lowest BCUT2D eigenvalue weighted by Gasteiger charge is -2.40. The molecule has 6 nitrogen and oxygen atoms in total. The first-order valence-corrected chi connectivity index (χ1v) is 5.06. The van der Waals surface area contributed by atoms with Crippen LogP contribution in [0.1, 0.15) is 6.92 Å². The van der Waals surface area contributed by atoms with Gasteiger partial charge in [-0.2, -0.15) is 0 Å². The molecule has 6 heteroatoms. The van der Waals surface area contributed by atoms with Gasteiger partial charge in [0.1, 0.15) is 12.2 Å². The lowest BCUT2D eigenvalue weighted by Crippen LogP contribution is -2.55. The van der Waals surface area contributed by atoms with Gasteiger partial charge in [0.2, 0.25) is 0 Å². The van der Waals surface area contributed by atoms with Gasteiger partial charge in [-0.3, -0.25) is 0 Å². The second-order valence-electron chi connectivity index (χ2n) is 3.73. The van der Waals surface area contributed by atoms with Crippen molar-refractivity contribution in [2.45, 2.75) is 31.5 Å². The van der Waals surface area contributed by atoms with Crippen LogP contribution in [0, 0.1) is 5.92 Å². The Morgan fingerprint density at radius 3 is 2.53 bits per heavy atom. The SMILES string of the molecule is C[C@@H]1[C@H](O)[C@@H](OCCN)O[C@H](CO)[C@H]1O. The summed E-state index contributed by atoms with van der Waals surface area (Å²) >= 11 is 0. The van der Waals surface area contributed by atoms with Gasteiger partial charge >= 0.3 is 0 Å². The van der Waals surface area contributed by atoms with Crippen molar-refractivity contribution in [1.29, 1.82) is 0 Å². The Bertz CT molecular complexity index is 189. The van der Waals surface area contributed by atoms with E-state index in [9.17, 15) is 10.2 Å². The first-order chi connectivity index (χ1) is 7.11. The van der Waals surface area contributed by atoms with E-state index in [1.54, 1.807) is 6.92 Å². The zero-order chi connectivity index (χ0) is 11.4. The fourth-order valence-electron chi connectivity index (χ4n) is 1.59. The second kappa shape index (κ2) is 5.74. The average Bonchev–Trinajstić information content (AvgIpc) is 2.25. The Labute approximate surface area is 88.6 Å². The Balaban J connectivity index is 2.57. The zero-order valence-electron chi connectivity index (χ0n) is 8.74. The summed E-state index contributed by atoms with van der Waals surface area (Å²) in [6.07, 6.45) is -3.34. The van der Waals surface area contributed by atoms with Crippen molar-refractivity contribution in [3.8, 4) is 0 Å². The molecule has 0 amide bonds. The van der Waals surface area contributed by atoms with Crippen molar-refractivity contribution in [3.05, 3.63) is 0 Å². The minimum atomic E-state index is -0.908. The molecule has 1 aliphatic heterocycles. The van der Waals surface area contributed by atoms with E-state index in [1.165, 1.54) is 0 Å². The van der Waals surface area contributed by atoms with Crippen LogP contribution >= 0.6 is 0 Å². The van der Waals surface area contributed by atoms with Gasteiger partial charge in [-0.1, -0.05) is 6.92 Å². The van der Waals surface area contributed by atoms with Crippen LogP contribution in [0.3, 0.4) is 0 Å². The standard InChI is InChI=1S/C9H19NO5/c1-5-7(12)6(4-11)15-9(8(5)13)14-3-2-10/h5-9,11-13H,2-4,10H2,1H3/t5-,6+,7-,8-,9-/m0/s1. The van der Waals surface area contributed by atoms with E-state index in [4.69, 9.17) is 20.3 Å². The van der Waals surface area contributed by atoms with Crippen LogP contribution in [-0.4, -0.2) is 59.7 Å². The maximum absolute atomic E-state index is 9.72. The van der Waals surface area contributed by atoms with Crippen LogP contribution in [0.5, 0.6) is 0 Å². The van der Waals surface area contributed by atoms with Crippen LogP contribution in [-0.2, 0) is 9.47 Å². The van der Waals surface area contributed by atoms with Crippen LogP contribution in [0.25, 0.3) is 0 Å². The molecule has 1 heterocycles. The van der Waals surface area contributed by atoms with Crippen LogP contribution in [0.4, 0.5) is 0 Å². The maximum atomic E-state index is 9.72. The van der Waals surface area contributed by atoms with Crippen molar-refractivity contribution in [2.75, 3.05) is 19.8 Å². The van der Waals surface area contributed by atoms with E-state index in [1.807, 2.05) is 0 Å². The van der Waals surface area contributed by atoms with E-state index >= 15 is 0 Å². The van der Waals surface area contributed by atoms with Gasteiger partial charge in [-0.25, -0.2) is 0 Å². The molecule has 0 aromatic rings. The molecule has 0 radical (unpaired) electrons. The van der Waals surface area contributed by atoms with E-state index < -0.39 is 30.5 Å². The van der Waals surface area contributed by atoms with Gasteiger partial charge in [-0.15, -0.1) is 0 Å². The summed E-state index contributed by atoms with van der Waals surface area (Å²) in [5.41, 5.74) is 5.26. The Morgan fingerprint density at radius 2 is 2.00 bits per heavy atom. The van der Waals surface area contributed by atoms with Crippen molar-refractivity contribution in [2.24, 2.45) is 11.7 Å². The fraction of sp³-hybridized carbons (Fsp3) is 1.00. The topological polar surface area (TPSA) is 105 Å². The maximum Gasteiger partial charge on any atom is 0.184 e. The highest BCUT2D eigenvalue weighted by atomic mass is 16.7. The van der Waals surface area contributed by atoms with Gasteiger partial charge in [0.25, 0.3) is 0 Å². The predicted molar refractivity (Wildman–Crippen MR) is 51.9 cm³/mol. The molecular formula is C9H19NO5.